The van der Waals surface area contributed by atoms with Gasteiger partial charge in [0.1, 0.15) is 5.78 Å². The molecular weight excluding hydrogens is 178 g/mol. The van der Waals surface area contributed by atoms with Crippen LogP contribution in [-0.4, -0.2) is 68.4 Å². The molecule has 0 amide bonds. The molecule has 0 saturated carbocycles. The number of nitrogens with one attached hydrogen (secondary N) is 1. The van der Waals surface area contributed by atoms with E-state index in [1.165, 1.54) is 0 Å². The Balaban J connectivity index is 1.99. The third-order valence-electron chi connectivity index (χ3n) is 2.57. The second kappa shape index (κ2) is 6.11. The number of piperazine rings is 1. The second-order valence-electron chi connectivity index (χ2n) is 4.02. The molecule has 4 heteroatoms. The number of ketones is 1. The molecule has 0 aliphatic carbocycles. The van der Waals surface area contributed by atoms with Crippen molar-refractivity contribution in [2.75, 3.05) is 52.9 Å². The first-order valence-electron chi connectivity index (χ1n) is 5.29. The number of carbonyl (C=O) groups is 1. The van der Waals surface area contributed by atoms with Gasteiger partial charge >= 0.3 is 0 Å². The van der Waals surface area contributed by atoms with Crippen LogP contribution in [0.2, 0.25) is 0 Å². The Morgan fingerprint density at radius 1 is 1.29 bits per heavy atom. The Morgan fingerprint density at radius 2 is 1.93 bits per heavy atom. The molecule has 0 radical (unpaired) electrons. The van der Waals surface area contributed by atoms with Crippen molar-refractivity contribution in [2.45, 2.75) is 6.92 Å². The van der Waals surface area contributed by atoms with Crippen LogP contribution in [0.4, 0.5) is 0 Å². The van der Waals surface area contributed by atoms with Gasteiger partial charge in [-0.3, -0.25) is 9.69 Å². The van der Waals surface area contributed by atoms with Crippen LogP contribution in [0.15, 0.2) is 0 Å². The van der Waals surface area contributed by atoms with E-state index in [4.69, 9.17) is 0 Å². The van der Waals surface area contributed by atoms with Gasteiger partial charge in [-0.2, -0.15) is 0 Å². The highest BCUT2D eigenvalue weighted by Crippen LogP contribution is 1.97. The molecule has 1 rings (SSSR count). The molecule has 0 aromatic carbocycles. The average Bonchev–Trinajstić information content (AvgIpc) is 2.15. The van der Waals surface area contributed by atoms with Crippen LogP contribution in [0.5, 0.6) is 0 Å². The molecule has 1 aliphatic rings. The molecule has 82 valence electrons. The standard InChI is InChI=1S/C10H21N3O/c1-10(14)9-11-3-4-13-7-5-12(2)6-8-13/h11H,3-9H2,1-2H3. The van der Waals surface area contributed by atoms with E-state index in [0.29, 0.717) is 6.54 Å². The lowest BCUT2D eigenvalue weighted by Gasteiger charge is -2.32. The summed E-state index contributed by atoms with van der Waals surface area (Å²) in [6.07, 6.45) is 0. The first-order chi connectivity index (χ1) is 6.68. The number of carbonyl (C=O) groups excluding carboxylic acids is 1. The molecule has 1 fully saturated rings. The maximum Gasteiger partial charge on any atom is 0.143 e. The van der Waals surface area contributed by atoms with Crippen LogP contribution < -0.4 is 5.32 Å². The Hall–Kier alpha value is -0.450. The first-order valence-corrected chi connectivity index (χ1v) is 5.29. The predicted octanol–water partition coefficient (Wildman–Crippen LogP) is -0.588. The van der Waals surface area contributed by atoms with Gasteiger partial charge in [0, 0.05) is 39.3 Å². The normalized spacial score (nSPS) is 19.9. The van der Waals surface area contributed by atoms with E-state index in [1.807, 2.05) is 0 Å². The van der Waals surface area contributed by atoms with Crippen LogP contribution in [0.1, 0.15) is 6.92 Å². The van der Waals surface area contributed by atoms with E-state index in [0.717, 1.165) is 39.3 Å². The zero-order valence-electron chi connectivity index (χ0n) is 9.25. The molecule has 4 nitrogen and oxygen atoms in total. The lowest BCUT2D eigenvalue weighted by molar-refractivity contribution is -0.116. The third-order valence-corrected chi connectivity index (χ3v) is 2.57. The quantitative estimate of drug-likeness (QED) is 0.601. The minimum absolute atomic E-state index is 0.211. The highest BCUT2D eigenvalue weighted by molar-refractivity contribution is 5.77. The minimum atomic E-state index is 0.211. The molecule has 0 atom stereocenters. The summed E-state index contributed by atoms with van der Waals surface area (Å²) in [6, 6.07) is 0. The Morgan fingerprint density at radius 3 is 2.50 bits per heavy atom. The number of rotatable bonds is 5. The van der Waals surface area contributed by atoms with Crippen molar-refractivity contribution in [1.82, 2.24) is 15.1 Å². The van der Waals surface area contributed by atoms with Gasteiger partial charge in [-0.05, 0) is 14.0 Å². The summed E-state index contributed by atoms with van der Waals surface area (Å²) >= 11 is 0. The van der Waals surface area contributed by atoms with E-state index < -0.39 is 0 Å². The van der Waals surface area contributed by atoms with Crippen molar-refractivity contribution in [3.63, 3.8) is 0 Å². The molecule has 1 saturated heterocycles. The smallest absolute Gasteiger partial charge is 0.143 e. The number of Topliss-reactive ketones (excluding diaryl/α,β-unsaturated/α-hetero) is 1. The summed E-state index contributed by atoms with van der Waals surface area (Å²) in [5, 5.41) is 3.14. The molecule has 0 aromatic heterocycles. The van der Waals surface area contributed by atoms with E-state index >= 15 is 0 Å². The van der Waals surface area contributed by atoms with Gasteiger partial charge < -0.3 is 10.2 Å². The molecule has 14 heavy (non-hydrogen) atoms. The van der Waals surface area contributed by atoms with Crippen LogP contribution in [-0.2, 0) is 4.79 Å². The number of nitrogens with zero attached hydrogens (tertiary/aromatic N) is 2. The molecule has 0 spiro atoms. The van der Waals surface area contributed by atoms with Crippen molar-refractivity contribution < 1.29 is 4.79 Å². The fraction of sp³-hybridized carbons (Fsp3) is 0.900. The van der Waals surface area contributed by atoms with Crippen LogP contribution in [0, 0.1) is 0 Å². The molecule has 0 aromatic rings. The maximum absolute atomic E-state index is 10.7. The monoisotopic (exact) mass is 199 g/mol. The summed E-state index contributed by atoms with van der Waals surface area (Å²) in [4.78, 5) is 15.4. The van der Waals surface area contributed by atoms with Crippen LogP contribution >= 0.6 is 0 Å². The highest BCUT2D eigenvalue weighted by atomic mass is 16.1. The van der Waals surface area contributed by atoms with Gasteiger partial charge in [0.15, 0.2) is 0 Å². The summed E-state index contributed by atoms with van der Waals surface area (Å²) in [5.74, 6) is 0.211. The largest absolute Gasteiger partial charge is 0.309 e. The van der Waals surface area contributed by atoms with Crippen molar-refractivity contribution in [3.8, 4) is 0 Å². The summed E-state index contributed by atoms with van der Waals surface area (Å²) < 4.78 is 0. The fourth-order valence-corrected chi connectivity index (χ4v) is 1.57. The minimum Gasteiger partial charge on any atom is -0.309 e. The maximum atomic E-state index is 10.7. The lowest BCUT2D eigenvalue weighted by atomic mass is 10.3. The SMILES string of the molecule is CC(=O)CNCCN1CCN(C)CC1. The van der Waals surface area contributed by atoms with E-state index in [-0.39, 0.29) is 5.78 Å². The summed E-state index contributed by atoms with van der Waals surface area (Å²) in [5.41, 5.74) is 0. The molecule has 0 unspecified atom stereocenters. The average molecular weight is 199 g/mol. The van der Waals surface area contributed by atoms with Crippen molar-refractivity contribution in [1.29, 1.82) is 0 Å². The Kier molecular flexibility index (Phi) is 5.07. The number of hydrogen-bond donors (Lipinski definition) is 1. The lowest BCUT2D eigenvalue weighted by Crippen LogP contribution is -2.46. The summed E-state index contributed by atoms with van der Waals surface area (Å²) in [7, 11) is 2.16. The second-order valence-corrected chi connectivity index (χ2v) is 4.02. The van der Waals surface area contributed by atoms with Crippen LogP contribution in [0.25, 0.3) is 0 Å². The number of hydrogen-bond acceptors (Lipinski definition) is 4. The first kappa shape index (κ1) is 11.6. The van der Waals surface area contributed by atoms with Gasteiger partial charge in [-0.25, -0.2) is 0 Å². The Labute approximate surface area is 86.2 Å². The third kappa shape index (κ3) is 4.69. The molecule has 1 N–H and O–H groups in total. The number of likely N-dealkylation sites (N-methyl/N-ethyl adjacent to an activating group) is 1. The van der Waals surface area contributed by atoms with Crippen molar-refractivity contribution in [2.24, 2.45) is 0 Å². The Bertz CT molecular complexity index is 176. The van der Waals surface area contributed by atoms with E-state index in [9.17, 15) is 4.79 Å². The highest BCUT2D eigenvalue weighted by Gasteiger charge is 2.12. The predicted molar refractivity (Wildman–Crippen MR) is 57.5 cm³/mol. The molecule has 1 aliphatic heterocycles. The van der Waals surface area contributed by atoms with Crippen molar-refractivity contribution >= 4 is 5.78 Å². The topological polar surface area (TPSA) is 35.6 Å². The van der Waals surface area contributed by atoms with Crippen LogP contribution in [0.3, 0.4) is 0 Å². The summed E-state index contributed by atoms with van der Waals surface area (Å²) in [6.45, 7) is 8.72. The van der Waals surface area contributed by atoms with Gasteiger partial charge in [0.25, 0.3) is 0 Å². The zero-order chi connectivity index (χ0) is 10.4. The van der Waals surface area contributed by atoms with Crippen molar-refractivity contribution in [3.05, 3.63) is 0 Å². The van der Waals surface area contributed by atoms with E-state index in [1.54, 1.807) is 6.92 Å². The molecular formula is C10H21N3O. The molecule has 0 bridgehead atoms. The van der Waals surface area contributed by atoms with Gasteiger partial charge in [-0.1, -0.05) is 0 Å². The van der Waals surface area contributed by atoms with E-state index in [2.05, 4.69) is 22.2 Å². The zero-order valence-corrected chi connectivity index (χ0v) is 9.25. The van der Waals surface area contributed by atoms with Gasteiger partial charge in [-0.15, -0.1) is 0 Å². The van der Waals surface area contributed by atoms with Gasteiger partial charge in [0.05, 0.1) is 6.54 Å². The van der Waals surface area contributed by atoms with Gasteiger partial charge in [0.2, 0.25) is 0 Å². The molecule has 1 heterocycles. The fourth-order valence-electron chi connectivity index (χ4n) is 1.57.